The van der Waals surface area contributed by atoms with Gasteiger partial charge in [-0.3, -0.25) is 0 Å². The highest BCUT2D eigenvalue weighted by Gasteiger charge is 2.36. The Labute approximate surface area is 129 Å². The Morgan fingerprint density at radius 3 is 2.70 bits per heavy atom. The molecule has 112 valence electrons. The van der Waals surface area contributed by atoms with Crippen LogP contribution in [0, 0.1) is 11.2 Å². The van der Waals surface area contributed by atoms with Crippen molar-refractivity contribution in [3.8, 4) is 0 Å². The summed E-state index contributed by atoms with van der Waals surface area (Å²) in [5.41, 5.74) is 1.34. The van der Waals surface area contributed by atoms with Gasteiger partial charge in [0.1, 0.15) is 5.82 Å². The lowest BCUT2D eigenvalue weighted by Gasteiger charge is -2.32. The van der Waals surface area contributed by atoms with Gasteiger partial charge >= 0.3 is 0 Å². The maximum Gasteiger partial charge on any atom is 0.124 e. The molecule has 0 saturated carbocycles. The lowest BCUT2D eigenvalue weighted by atomic mass is 9.80. The standard InChI is InChI=1S/C16H23BrFNO/c1-15(2,3)19-10-16(6-7-20-11-16)9-12-4-5-13(18)8-14(12)17/h4-5,8,19H,6-7,9-11H2,1-3H3. The van der Waals surface area contributed by atoms with E-state index in [0.717, 1.165) is 42.6 Å². The van der Waals surface area contributed by atoms with E-state index in [9.17, 15) is 4.39 Å². The van der Waals surface area contributed by atoms with Crippen molar-refractivity contribution in [1.29, 1.82) is 0 Å². The Balaban J connectivity index is 2.12. The summed E-state index contributed by atoms with van der Waals surface area (Å²) in [4.78, 5) is 0. The Hall–Kier alpha value is -0.450. The summed E-state index contributed by atoms with van der Waals surface area (Å²) in [6.07, 6.45) is 1.94. The molecular formula is C16H23BrFNO. The Morgan fingerprint density at radius 2 is 2.15 bits per heavy atom. The number of halogens is 2. The minimum Gasteiger partial charge on any atom is -0.381 e. The first-order valence-electron chi connectivity index (χ1n) is 7.06. The van der Waals surface area contributed by atoms with E-state index in [-0.39, 0.29) is 16.8 Å². The third-order valence-electron chi connectivity index (χ3n) is 3.76. The molecule has 0 bridgehead atoms. The second-order valence-corrected chi connectivity index (χ2v) is 7.67. The predicted molar refractivity (Wildman–Crippen MR) is 83.4 cm³/mol. The van der Waals surface area contributed by atoms with Gasteiger partial charge in [0.15, 0.2) is 0 Å². The lowest BCUT2D eigenvalue weighted by Crippen LogP contribution is -2.45. The molecule has 0 spiro atoms. The van der Waals surface area contributed by atoms with E-state index < -0.39 is 0 Å². The van der Waals surface area contributed by atoms with E-state index in [1.165, 1.54) is 12.1 Å². The SMILES string of the molecule is CC(C)(C)NCC1(Cc2ccc(F)cc2Br)CCOC1. The van der Waals surface area contributed by atoms with Gasteiger partial charge < -0.3 is 10.1 Å². The molecule has 1 aromatic rings. The van der Waals surface area contributed by atoms with Crippen molar-refractivity contribution in [3.63, 3.8) is 0 Å². The van der Waals surface area contributed by atoms with Crippen LogP contribution in [-0.4, -0.2) is 25.3 Å². The average molecular weight is 344 g/mol. The molecule has 0 aromatic heterocycles. The van der Waals surface area contributed by atoms with Crippen molar-refractivity contribution in [2.24, 2.45) is 5.41 Å². The number of benzene rings is 1. The van der Waals surface area contributed by atoms with Gasteiger partial charge in [-0.05, 0) is 51.3 Å². The number of hydrogen-bond acceptors (Lipinski definition) is 2. The van der Waals surface area contributed by atoms with Crippen LogP contribution in [0.1, 0.15) is 32.8 Å². The zero-order valence-corrected chi connectivity index (χ0v) is 14.0. The summed E-state index contributed by atoms with van der Waals surface area (Å²) >= 11 is 3.47. The number of hydrogen-bond donors (Lipinski definition) is 1. The van der Waals surface area contributed by atoms with E-state index in [1.807, 2.05) is 6.07 Å². The van der Waals surface area contributed by atoms with Crippen LogP contribution < -0.4 is 5.32 Å². The van der Waals surface area contributed by atoms with Gasteiger partial charge in [0.05, 0.1) is 6.61 Å². The molecule has 0 amide bonds. The summed E-state index contributed by atoms with van der Waals surface area (Å²) in [6, 6.07) is 4.94. The smallest absolute Gasteiger partial charge is 0.124 e. The van der Waals surface area contributed by atoms with Gasteiger partial charge in [-0.2, -0.15) is 0 Å². The van der Waals surface area contributed by atoms with Crippen molar-refractivity contribution in [3.05, 3.63) is 34.1 Å². The summed E-state index contributed by atoms with van der Waals surface area (Å²) in [6.45, 7) is 9.00. The van der Waals surface area contributed by atoms with Crippen LogP contribution in [0.25, 0.3) is 0 Å². The molecule has 1 aliphatic heterocycles. The van der Waals surface area contributed by atoms with Gasteiger partial charge in [0.25, 0.3) is 0 Å². The molecule has 1 atom stereocenters. The molecule has 1 N–H and O–H groups in total. The minimum atomic E-state index is -0.204. The Morgan fingerprint density at radius 1 is 1.40 bits per heavy atom. The largest absolute Gasteiger partial charge is 0.381 e. The van der Waals surface area contributed by atoms with Crippen LogP contribution in [0.5, 0.6) is 0 Å². The quantitative estimate of drug-likeness (QED) is 0.894. The van der Waals surface area contributed by atoms with Crippen molar-refractivity contribution >= 4 is 15.9 Å². The molecule has 1 aromatic carbocycles. The van der Waals surface area contributed by atoms with E-state index in [4.69, 9.17) is 4.74 Å². The first-order valence-corrected chi connectivity index (χ1v) is 7.86. The van der Waals surface area contributed by atoms with Crippen LogP contribution in [0.2, 0.25) is 0 Å². The first kappa shape index (κ1) is 15.9. The van der Waals surface area contributed by atoms with Gasteiger partial charge in [0, 0.05) is 28.6 Å². The van der Waals surface area contributed by atoms with Crippen molar-refractivity contribution in [2.45, 2.75) is 39.2 Å². The summed E-state index contributed by atoms with van der Waals surface area (Å²) < 4.78 is 19.7. The number of ether oxygens (including phenoxy) is 1. The monoisotopic (exact) mass is 343 g/mol. The number of rotatable bonds is 4. The normalized spacial score (nSPS) is 23.2. The summed E-state index contributed by atoms with van der Waals surface area (Å²) in [7, 11) is 0. The maximum atomic E-state index is 13.2. The molecule has 0 aliphatic carbocycles. The Kier molecular flexibility index (Phi) is 4.88. The van der Waals surface area contributed by atoms with Crippen LogP contribution in [0.3, 0.4) is 0 Å². The third kappa shape index (κ3) is 4.27. The van der Waals surface area contributed by atoms with E-state index in [1.54, 1.807) is 0 Å². The predicted octanol–water partition coefficient (Wildman–Crippen LogP) is 3.93. The van der Waals surface area contributed by atoms with Crippen LogP contribution in [0.4, 0.5) is 4.39 Å². The fourth-order valence-electron chi connectivity index (χ4n) is 2.51. The highest BCUT2D eigenvalue weighted by atomic mass is 79.9. The molecular weight excluding hydrogens is 321 g/mol. The Bertz CT molecular complexity index is 464. The fraction of sp³-hybridized carbons (Fsp3) is 0.625. The van der Waals surface area contributed by atoms with E-state index in [0.29, 0.717) is 0 Å². The molecule has 2 rings (SSSR count). The summed E-state index contributed by atoms with van der Waals surface area (Å²) in [5.74, 6) is -0.204. The van der Waals surface area contributed by atoms with Gasteiger partial charge in [-0.1, -0.05) is 22.0 Å². The van der Waals surface area contributed by atoms with Gasteiger partial charge in [-0.25, -0.2) is 4.39 Å². The molecule has 1 aliphatic rings. The second-order valence-electron chi connectivity index (χ2n) is 6.82. The molecule has 1 fully saturated rings. The highest BCUT2D eigenvalue weighted by Crippen LogP contribution is 2.35. The first-order chi connectivity index (χ1) is 9.30. The van der Waals surface area contributed by atoms with Crippen LogP contribution >= 0.6 is 15.9 Å². The lowest BCUT2D eigenvalue weighted by molar-refractivity contribution is 0.144. The average Bonchev–Trinajstić information content (AvgIpc) is 2.79. The van der Waals surface area contributed by atoms with Gasteiger partial charge in [-0.15, -0.1) is 0 Å². The topological polar surface area (TPSA) is 21.3 Å². The highest BCUT2D eigenvalue weighted by molar-refractivity contribution is 9.10. The zero-order valence-electron chi connectivity index (χ0n) is 12.4. The molecule has 0 radical (unpaired) electrons. The van der Waals surface area contributed by atoms with Crippen molar-refractivity contribution in [1.82, 2.24) is 5.32 Å². The van der Waals surface area contributed by atoms with Crippen LogP contribution in [-0.2, 0) is 11.2 Å². The fourth-order valence-corrected chi connectivity index (χ4v) is 3.00. The van der Waals surface area contributed by atoms with Crippen LogP contribution in [0.15, 0.2) is 22.7 Å². The molecule has 4 heteroatoms. The zero-order chi connectivity index (χ0) is 14.8. The molecule has 1 saturated heterocycles. The molecule has 1 unspecified atom stereocenters. The van der Waals surface area contributed by atoms with Crippen molar-refractivity contribution < 1.29 is 9.13 Å². The third-order valence-corrected chi connectivity index (χ3v) is 4.50. The van der Waals surface area contributed by atoms with Crippen molar-refractivity contribution in [2.75, 3.05) is 19.8 Å². The molecule has 1 heterocycles. The maximum absolute atomic E-state index is 13.2. The molecule has 2 nitrogen and oxygen atoms in total. The second kappa shape index (κ2) is 6.12. The minimum absolute atomic E-state index is 0.0929. The summed E-state index contributed by atoms with van der Waals surface area (Å²) in [5, 5.41) is 3.59. The van der Waals surface area contributed by atoms with E-state index in [2.05, 4.69) is 42.0 Å². The van der Waals surface area contributed by atoms with E-state index >= 15 is 0 Å². The number of nitrogens with one attached hydrogen (secondary N) is 1. The molecule has 20 heavy (non-hydrogen) atoms. The van der Waals surface area contributed by atoms with Gasteiger partial charge in [0.2, 0.25) is 0 Å².